The van der Waals surface area contributed by atoms with Crippen LogP contribution < -0.4 is 5.32 Å². The number of nitrogens with zero attached hydrogens (tertiary/aromatic N) is 2. The molecule has 0 saturated carbocycles. The Bertz CT molecular complexity index is 524. The molecule has 6 nitrogen and oxygen atoms in total. The largest absolute Gasteiger partial charge is 0.377 e. The van der Waals surface area contributed by atoms with E-state index in [4.69, 9.17) is 16.3 Å². The number of rotatable bonds is 4. The topological polar surface area (TPSA) is 71.5 Å². The lowest BCUT2D eigenvalue weighted by atomic mass is 10.1. The third-order valence-corrected chi connectivity index (χ3v) is 3.57. The lowest BCUT2D eigenvalue weighted by molar-refractivity contribution is -0.130. The highest BCUT2D eigenvalue weighted by Crippen LogP contribution is 2.19. The van der Waals surface area contributed by atoms with Crippen molar-refractivity contribution in [2.45, 2.75) is 19.4 Å². The van der Waals surface area contributed by atoms with Crippen LogP contribution >= 0.6 is 11.6 Å². The van der Waals surface area contributed by atoms with Crippen molar-refractivity contribution in [2.24, 2.45) is 0 Å². The van der Waals surface area contributed by atoms with Gasteiger partial charge in [-0.2, -0.15) is 0 Å². The number of amides is 2. The van der Waals surface area contributed by atoms with E-state index in [2.05, 4.69) is 10.3 Å². The van der Waals surface area contributed by atoms with E-state index in [0.29, 0.717) is 30.3 Å². The fraction of sp³-hybridized carbons (Fsp3) is 0.500. The Labute approximate surface area is 128 Å². The molecule has 0 aliphatic carbocycles. The van der Waals surface area contributed by atoms with Gasteiger partial charge in [0.25, 0.3) is 5.91 Å². The molecule has 21 heavy (non-hydrogen) atoms. The first kappa shape index (κ1) is 15.7. The lowest BCUT2D eigenvalue weighted by Gasteiger charge is -2.34. The first-order valence-electron chi connectivity index (χ1n) is 6.91. The molecule has 7 heteroatoms. The van der Waals surface area contributed by atoms with Gasteiger partial charge in [-0.25, -0.2) is 0 Å². The van der Waals surface area contributed by atoms with Crippen LogP contribution in [-0.4, -0.2) is 54.0 Å². The Morgan fingerprint density at radius 3 is 3.10 bits per heavy atom. The number of pyridine rings is 1. The molecule has 2 rings (SSSR count). The molecule has 0 bridgehead atoms. The van der Waals surface area contributed by atoms with Gasteiger partial charge < -0.3 is 15.0 Å². The van der Waals surface area contributed by atoms with Gasteiger partial charge in [0.1, 0.15) is 6.04 Å². The van der Waals surface area contributed by atoms with E-state index in [1.807, 2.05) is 6.92 Å². The summed E-state index contributed by atoms with van der Waals surface area (Å²) in [6.07, 6.45) is 3.77. The number of carbonyl (C=O) groups excluding carboxylic acids is 2. The van der Waals surface area contributed by atoms with Crippen molar-refractivity contribution < 1.29 is 14.3 Å². The molecule has 1 aromatic rings. The highest BCUT2D eigenvalue weighted by Gasteiger charge is 2.33. The van der Waals surface area contributed by atoms with Crippen LogP contribution in [0.25, 0.3) is 0 Å². The predicted molar refractivity (Wildman–Crippen MR) is 78.2 cm³/mol. The van der Waals surface area contributed by atoms with Crippen molar-refractivity contribution in [1.29, 1.82) is 0 Å². The molecule has 114 valence electrons. The smallest absolute Gasteiger partial charge is 0.257 e. The standard InChI is InChI=1S/C14H18ClN3O3/c1-2-4-17-13(19)12-9-21-7-6-18(12)14(20)10-8-16-5-3-11(10)15/h3,5,8,12H,2,4,6-7,9H2,1H3,(H,17,19). The Balaban J connectivity index is 2.16. The van der Waals surface area contributed by atoms with Crippen molar-refractivity contribution in [3.05, 3.63) is 29.0 Å². The third kappa shape index (κ3) is 3.71. The molecular weight excluding hydrogens is 294 g/mol. The molecule has 1 atom stereocenters. The van der Waals surface area contributed by atoms with Gasteiger partial charge >= 0.3 is 0 Å². The van der Waals surface area contributed by atoms with Gasteiger partial charge in [0.05, 0.1) is 23.8 Å². The second-order valence-electron chi connectivity index (χ2n) is 4.74. The van der Waals surface area contributed by atoms with Crippen LogP contribution in [0.3, 0.4) is 0 Å². The lowest BCUT2D eigenvalue weighted by Crippen LogP contribution is -2.56. The highest BCUT2D eigenvalue weighted by atomic mass is 35.5. The van der Waals surface area contributed by atoms with Gasteiger partial charge in [0.15, 0.2) is 0 Å². The van der Waals surface area contributed by atoms with Gasteiger partial charge in [-0.05, 0) is 12.5 Å². The zero-order chi connectivity index (χ0) is 15.2. The average molecular weight is 312 g/mol. The molecule has 1 saturated heterocycles. The van der Waals surface area contributed by atoms with E-state index >= 15 is 0 Å². The van der Waals surface area contributed by atoms with Crippen molar-refractivity contribution in [3.63, 3.8) is 0 Å². The summed E-state index contributed by atoms with van der Waals surface area (Å²) in [5.74, 6) is -0.502. The van der Waals surface area contributed by atoms with E-state index in [9.17, 15) is 9.59 Å². The number of halogens is 1. The molecule has 2 amide bonds. The maximum Gasteiger partial charge on any atom is 0.257 e. The molecule has 0 aromatic carbocycles. The average Bonchev–Trinajstić information content (AvgIpc) is 2.52. The molecule has 1 aromatic heterocycles. The molecule has 2 heterocycles. The van der Waals surface area contributed by atoms with Crippen LogP contribution in [0.15, 0.2) is 18.5 Å². The minimum Gasteiger partial charge on any atom is -0.377 e. The van der Waals surface area contributed by atoms with Crippen LogP contribution in [0.4, 0.5) is 0 Å². The Hall–Kier alpha value is -1.66. The molecule has 0 spiro atoms. The van der Waals surface area contributed by atoms with Crippen molar-refractivity contribution in [1.82, 2.24) is 15.2 Å². The summed E-state index contributed by atoms with van der Waals surface area (Å²) in [6.45, 7) is 3.50. The number of carbonyl (C=O) groups is 2. The number of nitrogens with one attached hydrogen (secondary N) is 1. The second kappa shape index (κ2) is 7.38. The zero-order valence-electron chi connectivity index (χ0n) is 11.8. The summed E-state index contributed by atoms with van der Waals surface area (Å²) < 4.78 is 5.33. The quantitative estimate of drug-likeness (QED) is 0.904. The first-order chi connectivity index (χ1) is 10.1. The zero-order valence-corrected chi connectivity index (χ0v) is 12.6. The number of aromatic nitrogens is 1. The predicted octanol–water partition coefficient (Wildman–Crippen LogP) is 1.10. The maximum atomic E-state index is 12.6. The second-order valence-corrected chi connectivity index (χ2v) is 5.14. The van der Waals surface area contributed by atoms with E-state index in [0.717, 1.165) is 6.42 Å². The van der Waals surface area contributed by atoms with Gasteiger partial charge in [-0.3, -0.25) is 14.6 Å². The van der Waals surface area contributed by atoms with Gasteiger partial charge in [-0.15, -0.1) is 0 Å². The molecule has 1 unspecified atom stereocenters. The molecule has 1 fully saturated rings. The van der Waals surface area contributed by atoms with Gasteiger partial charge in [0, 0.05) is 25.5 Å². The van der Waals surface area contributed by atoms with Gasteiger partial charge in [-0.1, -0.05) is 18.5 Å². The highest BCUT2D eigenvalue weighted by molar-refractivity contribution is 6.33. The van der Waals surface area contributed by atoms with Crippen LogP contribution in [-0.2, 0) is 9.53 Å². The Morgan fingerprint density at radius 2 is 2.38 bits per heavy atom. The number of hydrogen-bond acceptors (Lipinski definition) is 4. The van der Waals surface area contributed by atoms with Crippen LogP contribution in [0, 0.1) is 0 Å². The van der Waals surface area contributed by atoms with E-state index in [1.54, 1.807) is 6.07 Å². The molecule has 1 N–H and O–H groups in total. The van der Waals surface area contributed by atoms with E-state index in [-0.39, 0.29) is 18.4 Å². The summed E-state index contributed by atoms with van der Waals surface area (Å²) in [6, 6.07) is 0.926. The van der Waals surface area contributed by atoms with Crippen molar-refractivity contribution in [2.75, 3.05) is 26.3 Å². The van der Waals surface area contributed by atoms with Crippen LogP contribution in [0.1, 0.15) is 23.7 Å². The summed E-state index contributed by atoms with van der Waals surface area (Å²) in [5, 5.41) is 3.12. The Morgan fingerprint density at radius 1 is 1.57 bits per heavy atom. The van der Waals surface area contributed by atoms with E-state index < -0.39 is 6.04 Å². The monoisotopic (exact) mass is 311 g/mol. The summed E-state index contributed by atoms with van der Waals surface area (Å²) in [7, 11) is 0. The molecule has 0 radical (unpaired) electrons. The molecule has 1 aliphatic heterocycles. The maximum absolute atomic E-state index is 12.6. The van der Waals surface area contributed by atoms with Crippen LogP contribution in [0.5, 0.6) is 0 Å². The minimum atomic E-state index is -0.630. The van der Waals surface area contributed by atoms with E-state index in [1.165, 1.54) is 17.3 Å². The summed E-state index contributed by atoms with van der Waals surface area (Å²) in [5.41, 5.74) is 0.300. The van der Waals surface area contributed by atoms with Gasteiger partial charge in [0.2, 0.25) is 5.91 Å². The number of hydrogen-bond donors (Lipinski definition) is 1. The van der Waals surface area contributed by atoms with Crippen LogP contribution in [0.2, 0.25) is 5.02 Å². The third-order valence-electron chi connectivity index (χ3n) is 3.24. The molecule has 1 aliphatic rings. The normalized spacial score (nSPS) is 18.4. The SMILES string of the molecule is CCCNC(=O)C1COCCN1C(=O)c1cnccc1Cl. The van der Waals surface area contributed by atoms with Crippen molar-refractivity contribution >= 4 is 23.4 Å². The summed E-state index contributed by atoms with van der Waals surface area (Å²) in [4.78, 5) is 30.1. The summed E-state index contributed by atoms with van der Waals surface area (Å²) >= 11 is 6.03. The minimum absolute atomic E-state index is 0.194. The number of morpholine rings is 1. The van der Waals surface area contributed by atoms with Crippen molar-refractivity contribution in [3.8, 4) is 0 Å². The fourth-order valence-electron chi connectivity index (χ4n) is 2.12. The fourth-order valence-corrected chi connectivity index (χ4v) is 2.31. The molecular formula is C14H18ClN3O3. The first-order valence-corrected chi connectivity index (χ1v) is 7.29. The Kier molecular flexibility index (Phi) is 5.52. The number of ether oxygens (including phenoxy) is 1.